The number of carbonyl (C=O) groups is 1. The van der Waals surface area contributed by atoms with Gasteiger partial charge in [0.1, 0.15) is 5.75 Å². The van der Waals surface area contributed by atoms with Crippen LogP contribution in [0.4, 0.5) is 11.4 Å². The van der Waals surface area contributed by atoms with Gasteiger partial charge in [0, 0.05) is 17.8 Å². The summed E-state index contributed by atoms with van der Waals surface area (Å²) in [6.45, 7) is 1.53. The Bertz CT molecular complexity index is 975. The predicted molar refractivity (Wildman–Crippen MR) is 110 cm³/mol. The molecule has 6 nitrogen and oxygen atoms in total. The van der Waals surface area contributed by atoms with Crippen molar-refractivity contribution in [3.05, 3.63) is 58.1 Å². The van der Waals surface area contributed by atoms with E-state index in [1.807, 2.05) is 0 Å². The van der Waals surface area contributed by atoms with Crippen LogP contribution in [0.5, 0.6) is 5.75 Å². The normalized spacial score (nSPS) is 11.4. The third-order valence-corrected chi connectivity index (χ3v) is 5.63. The average molecular weight is 429 g/mol. The summed E-state index contributed by atoms with van der Waals surface area (Å²) < 4.78 is 31.0. The molecule has 9 heteroatoms. The summed E-state index contributed by atoms with van der Waals surface area (Å²) >= 11 is 12.0. The third-order valence-electron chi connectivity index (χ3n) is 3.51. The smallest absolute Gasteiger partial charge is 0.248 e. The summed E-state index contributed by atoms with van der Waals surface area (Å²) in [4.78, 5) is 12.1. The van der Waals surface area contributed by atoms with Crippen molar-refractivity contribution >= 4 is 56.6 Å². The molecule has 2 aromatic rings. The highest BCUT2D eigenvalue weighted by molar-refractivity contribution is 7.92. The van der Waals surface area contributed by atoms with E-state index in [0.29, 0.717) is 27.0 Å². The van der Waals surface area contributed by atoms with E-state index in [1.165, 1.54) is 32.2 Å². The van der Waals surface area contributed by atoms with Gasteiger partial charge in [-0.05, 0) is 36.8 Å². The zero-order valence-electron chi connectivity index (χ0n) is 14.6. The molecule has 0 aliphatic heterocycles. The zero-order valence-corrected chi connectivity index (χ0v) is 17.0. The van der Waals surface area contributed by atoms with Crippen LogP contribution in [0.25, 0.3) is 6.08 Å². The largest absolute Gasteiger partial charge is 0.494 e. The first-order valence-corrected chi connectivity index (χ1v) is 10.3. The standard InChI is InChI=1S/C18H18Cl2N2O4S/c1-3-27(24,25)22-15-9-8-13(11-16(15)26-2)21-17(23)10-7-12-5-4-6-14(19)18(12)20/h4-11,22H,3H2,1-2H3,(H,21,23)/b10-7+. The fourth-order valence-corrected chi connectivity index (χ4v) is 3.11. The molecule has 2 rings (SSSR count). The first kappa shape index (κ1) is 21.1. The fraction of sp³-hybridized carbons (Fsp3) is 0.167. The molecule has 27 heavy (non-hydrogen) atoms. The minimum atomic E-state index is -3.44. The van der Waals surface area contributed by atoms with E-state index in [0.717, 1.165) is 0 Å². The van der Waals surface area contributed by atoms with E-state index in [2.05, 4.69) is 10.0 Å². The molecular weight excluding hydrogens is 411 g/mol. The summed E-state index contributed by atoms with van der Waals surface area (Å²) in [5, 5.41) is 3.42. The average Bonchev–Trinajstić information content (AvgIpc) is 2.64. The Morgan fingerprint density at radius 2 is 1.96 bits per heavy atom. The number of halogens is 2. The molecule has 0 saturated carbocycles. The maximum Gasteiger partial charge on any atom is 0.248 e. The lowest BCUT2D eigenvalue weighted by Crippen LogP contribution is -2.15. The highest BCUT2D eigenvalue weighted by Gasteiger charge is 2.12. The van der Waals surface area contributed by atoms with Crippen LogP contribution >= 0.6 is 23.2 Å². The number of nitrogens with one attached hydrogen (secondary N) is 2. The van der Waals surface area contributed by atoms with Gasteiger partial charge in [0.15, 0.2) is 0 Å². The van der Waals surface area contributed by atoms with E-state index in [-0.39, 0.29) is 11.5 Å². The van der Waals surface area contributed by atoms with E-state index in [9.17, 15) is 13.2 Å². The van der Waals surface area contributed by atoms with Crippen LogP contribution in [0.3, 0.4) is 0 Å². The Kier molecular flexibility index (Phi) is 7.12. The first-order valence-electron chi connectivity index (χ1n) is 7.87. The van der Waals surface area contributed by atoms with Gasteiger partial charge in [-0.25, -0.2) is 8.42 Å². The lowest BCUT2D eigenvalue weighted by Gasteiger charge is -2.12. The summed E-state index contributed by atoms with van der Waals surface area (Å²) in [5.74, 6) is -0.174. The molecule has 0 spiro atoms. The monoisotopic (exact) mass is 428 g/mol. The number of hydrogen-bond acceptors (Lipinski definition) is 4. The second kappa shape index (κ2) is 9.12. The van der Waals surface area contributed by atoms with Crippen LogP contribution in [0.15, 0.2) is 42.5 Å². The molecule has 0 bridgehead atoms. The molecule has 144 valence electrons. The number of rotatable bonds is 7. The quantitative estimate of drug-likeness (QED) is 0.639. The molecule has 0 unspecified atom stereocenters. The number of anilines is 2. The highest BCUT2D eigenvalue weighted by atomic mass is 35.5. The van der Waals surface area contributed by atoms with Gasteiger partial charge in [-0.15, -0.1) is 0 Å². The van der Waals surface area contributed by atoms with E-state index in [1.54, 1.807) is 30.3 Å². The Labute approximate surface area is 168 Å². The number of sulfonamides is 1. The van der Waals surface area contributed by atoms with Crippen molar-refractivity contribution in [2.45, 2.75) is 6.92 Å². The van der Waals surface area contributed by atoms with Crippen LogP contribution in [0, 0.1) is 0 Å². The van der Waals surface area contributed by atoms with Gasteiger partial charge >= 0.3 is 0 Å². The van der Waals surface area contributed by atoms with Gasteiger partial charge in [0.05, 0.1) is 28.6 Å². The molecule has 0 aliphatic rings. The SMILES string of the molecule is CCS(=O)(=O)Nc1ccc(NC(=O)/C=C/c2cccc(Cl)c2Cl)cc1OC. The van der Waals surface area contributed by atoms with Crippen molar-refractivity contribution in [2.24, 2.45) is 0 Å². The number of benzene rings is 2. The topological polar surface area (TPSA) is 84.5 Å². The van der Waals surface area contributed by atoms with Crippen molar-refractivity contribution in [1.29, 1.82) is 0 Å². The van der Waals surface area contributed by atoms with Crippen LogP contribution in [-0.2, 0) is 14.8 Å². The molecule has 2 N–H and O–H groups in total. The van der Waals surface area contributed by atoms with Gasteiger partial charge < -0.3 is 10.1 Å². The summed E-state index contributed by atoms with van der Waals surface area (Å²) in [6, 6.07) is 9.71. The van der Waals surface area contributed by atoms with Gasteiger partial charge in [0.2, 0.25) is 15.9 Å². The van der Waals surface area contributed by atoms with Crippen molar-refractivity contribution in [1.82, 2.24) is 0 Å². The van der Waals surface area contributed by atoms with Crippen LogP contribution in [0.1, 0.15) is 12.5 Å². The summed E-state index contributed by atoms with van der Waals surface area (Å²) in [5.41, 5.74) is 1.35. The number of ether oxygens (including phenoxy) is 1. The molecule has 0 saturated heterocycles. The van der Waals surface area contributed by atoms with Gasteiger partial charge in [-0.3, -0.25) is 9.52 Å². The summed E-state index contributed by atoms with van der Waals surface area (Å²) in [6.07, 6.45) is 2.86. The molecule has 0 atom stereocenters. The van der Waals surface area contributed by atoms with Crippen molar-refractivity contribution in [3.63, 3.8) is 0 Å². The molecule has 1 amide bonds. The molecule has 0 aromatic heterocycles. The Hall–Kier alpha value is -2.22. The maximum absolute atomic E-state index is 12.1. The van der Waals surface area contributed by atoms with Gasteiger partial charge in [0.25, 0.3) is 0 Å². The third kappa shape index (κ3) is 5.89. The van der Waals surface area contributed by atoms with Crippen molar-refractivity contribution in [2.75, 3.05) is 22.9 Å². The highest BCUT2D eigenvalue weighted by Crippen LogP contribution is 2.29. The minimum absolute atomic E-state index is 0.0640. The van der Waals surface area contributed by atoms with Crippen LogP contribution < -0.4 is 14.8 Å². The molecule has 0 heterocycles. The lowest BCUT2D eigenvalue weighted by atomic mass is 10.2. The minimum Gasteiger partial charge on any atom is -0.494 e. The second-order valence-corrected chi connectivity index (χ2v) is 8.18. The number of methoxy groups -OCH3 is 1. The molecule has 0 aliphatic carbocycles. The number of amides is 1. The molecular formula is C18H18Cl2N2O4S. The predicted octanol–water partition coefficient (Wildman–Crippen LogP) is 4.42. The first-order chi connectivity index (χ1) is 12.8. The van der Waals surface area contributed by atoms with E-state index < -0.39 is 15.9 Å². The Morgan fingerprint density at radius 1 is 1.22 bits per heavy atom. The zero-order chi connectivity index (χ0) is 20.0. The maximum atomic E-state index is 12.1. The van der Waals surface area contributed by atoms with Crippen LogP contribution in [0.2, 0.25) is 10.0 Å². The van der Waals surface area contributed by atoms with E-state index >= 15 is 0 Å². The fourth-order valence-electron chi connectivity index (χ4n) is 2.09. The van der Waals surface area contributed by atoms with Gasteiger partial charge in [-0.1, -0.05) is 35.3 Å². The number of hydrogen-bond donors (Lipinski definition) is 2. The molecule has 2 aromatic carbocycles. The van der Waals surface area contributed by atoms with E-state index in [4.69, 9.17) is 27.9 Å². The lowest BCUT2D eigenvalue weighted by molar-refractivity contribution is -0.111. The van der Waals surface area contributed by atoms with Gasteiger partial charge in [-0.2, -0.15) is 0 Å². The summed E-state index contributed by atoms with van der Waals surface area (Å²) in [7, 11) is -2.03. The molecule has 0 fully saturated rings. The Morgan fingerprint density at radius 3 is 2.63 bits per heavy atom. The number of carbonyl (C=O) groups excluding carboxylic acids is 1. The van der Waals surface area contributed by atoms with Crippen LogP contribution in [-0.4, -0.2) is 27.2 Å². The molecule has 0 radical (unpaired) electrons. The van der Waals surface area contributed by atoms with Crippen molar-refractivity contribution < 1.29 is 17.9 Å². The Balaban J connectivity index is 2.14. The van der Waals surface area contributed by atoms with Crippen molar-refractivity contribution in [3.8, 4) is 5.75 Å². The second-order valence-electron chi connectivity index (χ2n) is 5.39.